The van der Waals surface area contributed by atoms with Gasteiger partial charge in [-0.15, -0.1) is 0 Å². The Labute approximate surface area is 173 Å². The van der Waals surface area contributed by atoms with E-state index in [9.17, 15) is 24.9 Å². The Kier molecular flexibility index (Phi) is 7.41. The Hall–Kier alpha value is -4.00. The minimum atomic E-state index is -0.681. The minimum absolute atomic E-state index is 0.0370. The molecule has 0 atom stereocenters. The summed E-state index contributed by atoms with van der Waals surface area (Å²) >= 11 is 0. The summed E-state index contributed by atoms with van der Waals surface area (Å²) in [6.07, 6.45) is 5.28. The standard InChI is InChI=1S/C23H22O7/c1-14(24)23(19(27)10-6-15-4-8-17(25)21(12-15)29-2)20(28)11-7-16-5-9-18(26)22(13-16)30-3/h4-13,25-27H,1-3H3/b10-6+,11-7+,23-19-. The van der Waals surface area contributed by atoms with Crippen molar-refractivity contribution in [1.29, 1.82) is 0 Å². The Bertz CT molecular complexity index is 1050. The molecular formula is C23H22O7. The predicted octanol–water partition coefficient (Wildman–Crippen LogP) is 3.81. The van der Waals surface area contributed by atoms with Gasteiger partial charge in [0.05, 0.1) is 14.2 Å². The Morgan fingerprint density at radius 2 is 1.30 bits per heavy atom. The number of ether oxygens (including phenoxy) is 2. The molecule has 156 valence electrons. The fourth-order valence-corrected chi connectivity index (χ4v) is 2.59. The van der Waals surface area contributed by atoms with Crippen LogP contribution in [0.1, 0.15) is 18.1 Å². The molecule has 7 nitrogen and oxygen atoms in total. The van der Waals surface area contributed by atoms with Crippen LogP contribution in [0.4, 0.5) is 0 Å². The Balaban J connectivity index is 2.29. The van der Waals surface area contributed by atoms with E-state index in [0.29, 0.717) is 11.1 Å². The average Bonchev–Trinajstić information content (AvgIpc) is 2.72. The van der Waals surface area contributed by atoms with Gasteiger partial charge in [0.25, 0.3) is 0 Å². The van der Waals surface area contributed by atoms with Crippen LogP contribution >= 0.6 is 0 Å². The Morgan fingerprint density at radius 1 is 0.833 bits per heavy atom. The molecule has 0 saturated heterocycles. The summed E-state index contributed by atoms with van der Waals surface area (Å²) in [4.78, 5) is 24.4. The number of phenols is 2. The molecule has 0 bridgehead atoms. The lowest BCUT2D eigenvalue weighted by atomic mass is 10.0. The van der Waals surface area contributed by atoms with E-state index in [-0.39, 0.29) is 28.6 Å². The smallest absolute Gasteiger partial charge is 0.193 e. The maximum absolute atomic E-state index is 12.5. The summed E-state index contributed by atoms with van der Waals surface area (Å²) in [6, 6.07) is 9.04. The van der Waals surface area contributed by atoms with Crippen molar-refractivity contribution in [2.75, 3.05) is 14.2 Å². The second-order valence-corrected chi connectivity index (χ2v) is 6.21. The van der Waals surface area contributed by atoms with E-state index >= 15 is 0 Å². The van der Waals surface area contributed by atoms with Crippen molar-refractivity contribution in [2.45, 2.75) is 6.92 Å². The van der Waals surface area contributed by atoms with E-state index in [1.165, 1.54) is 63.6 Å². The largest absolute Gasteiger partial charge is 0.507 e. The molecule has 30 heavy (non-hydrogen) atoms. The molecule has 7 heteroatoms. The maximum Gasteiger partial charge on any atom is 0.193 e. The number of carbonyl (C=O) groups excluding carboxylic acids is 2. The number of benzene rings is 2. The summed E-state index contributed by atoms with van der Waals surface area (Å²) in [6.45, 7) is 1.18. The van der Waals surface area contributed by atoms with Crippen LogP contribution in [0, 0.1) is 0 Å². The highest BCUT2D eigenvalue weighted by molar-refractivity contribution is 6.24. The number of methoxy groups -OCH3 is 2. The lowest BCUT2D eigenvalue weighted by Gasteiger charge is -2.05. The van der Waals surface area contributed by atoms with Crippen LogP contribution in [0.3, 0.4) is 0 Å². The maximum atomic E-state index is 12.5. The van der Waals surface area contributed by atoms with Gasteiger partial charge in [-0.25, -0.2) is 0 Å². The number of hydrogen-bond acceptors (Lipinski definition) is 7. The first-order chi connectivity index (χ1) is 14.3. The number of phenolic OH excluding ortho intramolecular Hbond substituents is 2. The molecule has 0 aliphatic heterocycles. The molecule has 0 aliphatic carbocycles. The lowest BCUT2D eigenvalue weighted by molar-refractivity contribution is -0.118. The third-order valence-electron chi connectivity index (χ3n) is 4.12. The number of Topliss-reactive ketones (excluding diaryl/α,β-unsaturated/α-hetero) is 1. The molecular weight excluding hydrogens is 388 g/mol. The summed E-state index contributed by atoms with van der Waals surface area (Å²) in [5.41, 5.74) is 0.768. The third kappa shape index (κ3) is 5.51. The number of aliphatic hydroxyl groups excluding tert-OH is 1. The molecule has 2 aromatic carbocycles. The highest BCUT2D eigenvalue weighted by atomic mass is 16.5. The molecule has 0 spiro atoms. The number of ketones is 2. The predicted molar refractivity (Wildman–Crippen MR) is 113 cm³/mol. The highest BCUT2D eigenvalue weighted by Gasteiger charge is 2.16. The zero-order valence-electron chi connectivity index (χ0n) is 16.7. The van der Waals surface area contributed by atoms with Gasteiger partial charge in [-0.1, -0.05) is 24.3 Å². The van der Waals surface area contributed by atoms with Gasteiger partial charge in [0.2, 0.25) is 0 Å². The van der Waals surface area contributed by atoms with Crippen molar-refractivity contribution in [2.24, 2.45) is 0 Å². The number of carbonyl (C=O) groups is 2. The van der Waals surface area contributed by atoms with Crippen LogP contribution in [-0.2, 0) is 9.59 Å². The second-order valence-electron chi connectivity index (χ2n) is 6.21. The zero-order valence-corrected chi connectivity index (χ0v) is 16.7. The number of aromatic hydroxyl groups is 2. The van der Waals surface area contributed by atoms with Gasteiger partial charge in [0.1, 0.15) is 11.3 Å². The van der Waals surface area contributed by atoms with Gasteiger partial charge in [0.15, 0.2) is 34.6 Å². The first kappa shape index (κ1) is 22.3. The van der Waals surface area contributed by atoms with Crippen LogP contribution < -0.4 is 9.47 Å². The fraction of sp³-hybridized carbons (Fsp3) is 0.130. The van der Waals surface area contributed by atoms with Gasteiger partial charge >= 0.3 is 0 Å². The Morgan fingerprint density at radius 3 is 1.73 bits per heavy atom. The summed E-state index contributed by atoms with van der Waals surface area (Å²) in [7, 11) is 2.81. The topological polar surface area (TPSA) is 113 Å². The van der Waals surface area contributed by atoms with Gasteiger partial charge < -0.3 is 24.8 Å². The van der Waals surface area contributed by atoms with E-state index in [4.69, 9.17) is 9.47 Å². The summed E-state index contributed by atoms with van der Waals surface area (Å²) < 4.78 is 10.0. The fourth-order valence-electron chi connectivity index (χ4n) is 2.59. The van der Waals surface area contributed by atoms with Crippen molar-refractivity contribution in [3.8, 4) is 23.0 Å². The molecule has 0 radical (unpaired) electrons. The van der Waals surface area contributed by atoms with Crippen molar-refractivity contribution < 1.29 is 34.4 Å². The molecule has 2 aromatic rings. The van der Waals surface area contributed by atoms with Crippen LogP contribution in [0.5, 0.6) is 23.0 Å². The van der Waals surface area contributed by atoms with Crippen molar-refractivity contribution in [3.05, 3.63) is 71.0 Å². The quantitative estimate of drug-likeness (QED) is 0.199. The molecule has 0 heterocycles. The van der Waals surface area contributed by atoms with E-state index in [2.05, 4.69) is 0 Å². The van der Waals surface area contributed by atoms with Gasteiger partial charge in [-0.05, 0) is 54.5 Å². The van der Waals surface area contributed by atoms with Crippen LogP contribution in [0.25, 0.3) is 12.2 Å². The van der Waals surface area contributed by atoms with Gasteiger partial charge in [-0.2, -0.15) is 0 Å². The van der Waals surface area contributed by atoms with Crippen molar-refractivity contribution in [1.82, 2.24) is 0 Å². The number of aliphatic hydroxyl groups is 1. The summed E-state index contributed by atoms with van der Waals surface area (Å²) in [5, 5.41) is 29.5. The van der Waals surface area contributed by atoms with Crippen LogP contribution in [0.2, 0.25) is 0 Å². The molecule has 0 unspecified atom stereocenters. The van der Waals surface area contributed by atoms with Gasteiger partial charge in [0, 0.05) is 0 Å². The molecule has 3 N–H and O–H groups in total. The van der Waals surface area contributed by atoms with E-state index in [0.717, 1.165) is 6.08 Å². The number of hydrogen-bond donors (Lipinski definition) is 3. The lowest BCUT2D eigenvalue weighted by Crippen LogP contribution is -2.10. The van der Waals surface area contributed by atoms with E-state index in [1.54, 1.807) is 12.1 Å². The molecule has 0 aromatic heterocycles. The average molecular weight is 410 g/mol. The zero-order chi connectivity index (χ0) is 22.3. The van der Waals surface area contributed by atoms with Crippen molar-refractivity contribution >= 4 is 23.7 Å². The monoisotopic (exact) mass is 410 g/mol. The first-order valence-corrected chi connectivity index (χ1v) is 8.85. The van der Waals surface area contributed by atoms with Crippen molar-refractivity contribution in [3.63, 3.8) is 0 Å². The second kappa shape index (κ2) is 9.97. The summed E-state index contributed by atoms with van der Waals surface area (Å²) in [5.74, 6) is -1.37. The SMILES string of the molecule is COc1cc(/C=C/C(=O)/C(C(C)=O)=C(O)/C=C/c2ccc(O)c(OC)c2)ccc1O. The third-order valence-corrected chi connectivity index (χ3v) is 4.12. The molecule has 2 rings (SSSR count). The van der Waals surface area contributed by atoms with Crippen LogP contribution in [-0.4, -0.2) is 41.1 Å². The normalized spacial score (nSPS) is 12.1. The molecule has 0 saturated carbocycles. The number of rotatable bonds is 8. The van der Waals surface area contributed by atoms with Gasteiger partial charge in [-0.3, -0.25) is 9.59 Å². The highest BCUT2D eigenvalue weighted by Crippen LogP contribution is 2.28. The molecule has 0 amide bonds. The molecule has 0 fully saturated rings. The first-order valence-electron chi connectivity index (χ1n) is 8.85. The van der Waals surface area contributed by atoms with E-state index < -0.39 is 17.3 Å². The molecule has 0 aliphatic rings. The van der Waals surface area contributed by atoms with Crippen LogP contribution in [0.15, 0.2) is 59.9 Å². The number of allylic oxidation sites excluding steroid dienone is 3. The minimum Gasteiger partial charge on any atom is -0.507 e. The van der Waals surface area contributed by atoms with E-state index in [1.807, 2.05) is 0 Å².